The molecule has 0 fully saturated rings. The van der Waals surface area contributed by atoms with Gasteiger partial charge in [-0.25, -0.2) is 19.3 Å². The smallest absolute Gasteiger partial charge is 0.227 e. The number of anilines is 1. The highest BCUT2D eigenvalue weighted by molar-refractivity contribution is 7.98. The molecular weight excluding hydrogens is 407 g/mol. The Hall–Kier alpha value is -2.32. The van der Waals surface area contributed by atoms with Crippen molar-refractivity contribution >= 4 is 34.7 Å². The van der Waals surface area contributed by atoms with Crippen LogP contribution in [0.25, 0.3) is 0 Å². The van der Waals surface area contributed by atoms with Crippen molar-refractivity contribution < 1.29 is 9.18 Å². The van der Waals surface area contributed by atoms with Crippen molar-refractivity contribution in [3.05, 3.63) is 63.1 Å². The highest BCUT2D eigenvalue weighted by Gasteiger charge is 2.19. The van der Waals surface area contributed by atoms with Crippen molar-refractivity contribution in [1.82, 2.24) is 15.0 Å². The van der Waals surface area contributed by atoms with E-state index < -0.39 is 0 Å². The number of carbonyl (C=O) groups is 1. The van der Waals surface area contributed by atoms with Gasteiger partial charge in [-0.15, -0.1) is 11.3 Å². The van der Waals surface area contributed by atoms with E-state index in [1.54, 1.807) is 28.4 Å². The number of nitrogens with zero attached hydrogens (tertiary/aromatic N) is 4. The minimum absolute atomic E-state index is 0.0463. The largest absolute Gasteiger partial charge is 0.306 e. The van der Waals surface area contributed by atoms with Crippen LogP contribution in [0, 0.1) is 26.6 Å². The predicted octanol–water partition coefficient (Wildman–Crippen LogP) is 4.89. The van der Waals surface area contributed by atoms with E-state index in [0.717, 1.165) is 32.8 Å². The molecule has 0 unspecified atom stereocenters. The summed E-state index contributed by atoms with van der Waals surface area (Å²) in [6, 6.07) is 5.98. The molecule has 152 valence electrons. The van der Waals surface area contributed by atoms with Crippen molar-refractivity contribution in [2.45, 2.75) is 45.3 Å². The first-order valence-electron chi connectivity index (χ1n) is 9.22. The van der Waals surface area contributed by atoms with Gasteiger partial charge >= 0.3 is 0 Å². The molecule has 5 nitrogen and oxygen atoms in total. The van der Waals surface area contributed by atoms with Crippen LogP contribution in [0.3, 0.4) is 0 Å². The van der Waals surface area contributed by atoms with Gasteiger partial charge in [-0.05, 0) is 63.3 Å². The summed E-state index contributed by atoms with van der Waals surface area (Å²) in [7, 11) is 0. The first-order chi connectivity index (χ1) is 13.9. The van der Waals surface area contributed by atoms with Crippen LogP contribution in [0.15, 0.2) is 34.8 Å². The maximum Gasteiger partial charge on any atom is 0.227 e. The molecule has 2 aromatic heterocycles. The van der Waals surface area contributed by atoms with Gasteiger partial charge in [0, 0.05) is 28.9 Å². The molecule has 0 radical (unpaired) electrons. The Morgan fingerprint density at radius 1 is 1.10 bits per heavy atom. The van der Waals surface area contributed by atoms with E-state index in [1.165, 1.54) is 23.9 Å². The highest BCUT2D eigenvalue weighted by Crippen LogP contribution is 2.22. The second-order valence-electron chi connectivity index (χ2n) is 6.67. The number of hydrogen-bond acceptors (Lipinski definition) is 6. The molecule has 29 heavy (non-hydrogen) atoms. The van der Waals surface area contributed by atoms with Crippen molar-refractivity contribution in [3.63, 3.8) is 0 Å². The number of thiazole rings is 1. The Kier molecular flexibility index (Phi) is 6.97. The van der Waals surface area contributed by atoms with Crippen molar-refractivity contribution in [2.75, 3.05) is 11.2 Å². The lowest BCUT2D eigenvalue weighted by Crippen LogP contribution is -2.31. The maximum atomic E-state index is 13.4. The molecule has 0 aliphatic rings. The Bertz CT molecular complexity index is 981. The topological polar surface area (TPSA) is 59.0 Å². The third-order valence-corrected chi connectivity index (χ3v) is 5.97. The summed E-state index contributed by atoms with van der Waals surface area (Å²) in [5, 5.41) is 3.63. The van der Waals surface area contributed by atoms with Gasteiger partial charge in [0.05, 0.1) is 17.2 Å². The molecule has 3 rings (SSSR count). The van der Waals surface area contributed by atoms with Crippen LogP contribution < -0.4 is 4.90 Å². The number of rotatable bonds is 7. The van der Waals surface area contributed by atoms with Crippen molar-refractivity contribution in [2.24, 2.45) is 0 Å². The summed E-state index contributed by atoms with van der Waals surface area (Å²) in [6.45, 7) is 6.19. The third kappa shape index (κ3) is 5.39. The predicted molar refractivity (Wildman–Crippen MR) is 116 cm³/mol. The number of carbonyl (C=O) groups excluding carboxylic acids is 1. The summed E-state index contributed by atoms with van der Waals surface area (Å²) in [5.74, 6) is -0.377. The van der Waals surface area contributed by atoms with E-state index in [0.29, 0.717) is 25.1 Å². The molecule has 1 amide bonds. The number of halogens is 1. The Balaban J connectivity index is 1.80. The fraction of sp³-hybridized carbons (Fsp3) is 0.333. The Labute approximate surface area is 178 Å². The zero-order valence-electron chi connectivity index (χ0n) is 16.9. The molecule has 0 aliphatic carbocycles. The van der Waals surface area contributed by atoms with Crippen molar-refractivity contribution in [1.29, 1.82) is 0 Å². The number of benzene rings is 1. The van der Waals surface area contributed by atoms with E-state index in [4.69, 9.17) is 0 Å². The molecule has 2 heterocycles. The fourth-order valence-electron chi connectivity index (χ4n) is 3.12. The first kappa shape index (κ1) is 21.4. The standard InChI is InChI=1S/C21H23FN4OS2/c1-13-19(14(2)24-21(23-13)28-4)9-10-20(27)26(11-17-12-29-15(3)25-17)18-7-5-16(22)6-8-18/h5-8,12H,9-11H2,1-4H3. The lowest BCUT2D eigenvalue weighted by molar-refractivity contribution is -0.118. The molecule has 0 spiro atoms. The van der Waals surface area contributed by atoms with Crippen LogP contribution in [0.2, 0.25) is 0 Å². The van der Waals surface area contributed by atoms with Crippen LogP contribution in [-0.2, 0) is 17.8 Å². The number of hydrogen-bond donors (Lipinski definition) is 0. The van der Waals surface area contributed by atoms with E-state index >= 15 is 0 Å². The van der Waals surface area contributed by atoms with Gasteiger partial charge in [0.1, 0.15) is 5.82 Å². The summed E-state index contributed by atoms with van der Waals surface area (Å²) in [4.78, 5) is 28.2. The SMILES string of the molecule is CSc1nc(C)c(CCC(=O)N(Cc2csc(C)n2)c2ccc(F)cc2)c(C)n1. The van der Waals surface area contributed by atoms with Gasteiger partial charge in [-0.3, -0.25) is 4.79 Å². The number of aromatic nitrogens is 3. The summed E-state index contributed by atoms with van der Waals surface area (Å²) >= 11 is 3.05. The number of thioether (sulfide) groups is 1. The molecule has 0 aliphatic heterocycles. The Morgan fingerprint density at radius 2 is 1.76 bits per heavy atom. The summed E-state index contributed by atoms with van der Waals surface area (Å²) in [5.41, 5.74) is 4.28. The molecule has 8 heteroatoms. The van der Waals surface area contributed by atoms with E-state index in [-0.39, 0.29) is 11.7 Å². The molecule has 0 saturated heterocycles. The van der Waals surface area contributed by atoms with Gasteiger partial charge in [0.2, 0.25) is 5.91 Å². The second-order valence-corrected chi connectivity index (χ2v) is 8.51. The fourth-order valence-corrected chi connectivity index (χ4v) is 4.18. The van der Waals surface area contributed by atoms with E-state index in [2.05, 4.69) is 15.0 Å². The third-order valence-electron chi connectivity index (χ3n) is 4.60. The van der Waals surface area contributed by atoms with Gasteiger partial charge in [0.25, 0.3) is 0 Å². The number of aryl methyl sites for hydroxylation is 3. The van der Waals surface area contributed by atoms with Gasteiger partial charge in [0.15, 0.2) is 5.16 Å². The zero-order chi connectivity index (χ0) is 21.0. The average molecular weight is 431 g/mol. The minimum Gasteiger partial charge on any atom is -0.306 e. The maximum absolute atomic E-state index is 13.4. The lowest BCUT2D eigenvalue weighted by Gasteiger charge is -2.22. The summed E-state index contributed by atoms with van der Waals surface area (Å²) < 4.78 is 13.4. The Morgan fingerprint density at radius 3 is 2.31 bits per heavy atom. The highest BCUT2D eigenvalue weighted by atomic mass is 32.2. The molecule has 1 aromatic carbocycles. The molecule has 0 N–H and O–H groups in total. The van der Waals surface area contributed by atoms with E-state index in [9.17, 15) is 9.18 Å². The molecule has 0 bridgehead atoms. The molecular formula is C21H23FN4OS2. The second kappa shape index (κ2) is 9.45. The van der Waals surface area contributed by atoms with Gasteiger partial charge in [-0.1, -0.05) is 11.8 Å². The minimum atomic E-state index is -0.331. The normalized spacial score (nSPS) is 10.9. The van der Waals surface area contributed by atoms with Crippen LogP contribution in [0.4, 0.5) is 10.1 Å². The molecule has 3 aromatic rings. The molecule has 0 atom stereocenters. The van der Waals surface area contributed by atoms with Crippen LogP contribution in [0.5, 0.6) is 0 Å². The van der Waals surface area contributed by atoms with Crippen LogP contribution in [0.1, 0.15) is 34.1 Å². The number of amides is 1. The first-order valence-corrected chi connectivity index (χ1v) is 11.3. The quantitative estimate of drug-likeness (QED) is 0.395. The average Bonchev–Trinajstić information content (AvgIpc) is 3.10. The van der Waals surface area contributed by atoms with Gasteiger partial charge < -0.3 is 4.90 Å². The van der Waals surface area contributed by atoms with Crippen molar-refractivity contribution in [3.8, 4) is 0 Å². The van der Waals surface area contributed by atoms with Crippen LogP contribution in [-0.4, -0.2) is 27.1 Å². The lowest BCUT2D eigenvalue weighted by atomic mass is 10.1. The summed E-state index contributed by atoms with van der Waals surface area (Å²) in [6.07, 6.45) is 2.81. The monoisotopic (exact) mass is 430 g/mol. The van der Waals surface area contributed by atoms with E-state index in [1.807, 2.05) is 32.4 Å². The van der Waals surface area contributed by atoms with Crippen LogP contribution >= 0.6 is 23.1 Å². The van der Waals surface area contributed by atoms with Gasteiger partial charge in [-0.2, -0.15) is 0 Å². The molecule has 0 saturated carbocycles. The zero-order valence-corrected chi connectivity index (χ0v) is 18.5.